The molecule has 0 bridgehead atoms. The molecule has 3 rings (SSSR count). The lowest BCUT2D eigenvalue weighted by Crippen LogP contribution is -2.46. The van der Waals surface area contributed by atoms with Gasteiger partial charge in [0.2, 0.25) is 0 Å². The number of para-hydroxylation sites is 2. The molecule has 2 N–H and O–H groups in total. The van der Waals surface area contributed by atoms with E-state index in [-0.39, 0.29) is 0 Å². The molecule has 31 heavy (non-hydrogen) atoms. The SMILES string of the molecule is CCNC(=NCCCn1c(C)nc2ccccc21)NCCCCN1CCN(CC)CC1. The van der Waals surface area contributed by atoms with Crippen LogP contribution in [0.1, 0.15) is 38.9 Å². The lowest BCUT2D eigenvalue weighted by atomic mass is 10.2. The summed E-state index contributed by atoms with van der Waals surface area (Å²) < 4.78 is 2.30. The number of aryl methyl sites for hydroxylation is 2. The second-order valence-electron chi connectivity index (χ2n) is 8.32. The Hall–Kier alpha value is -2.12. The van der Waals surface area contributed by atoms with Crippen molar-refractivity contribution in [2.45, 2.75) is 46.6 Å². The number of guanidine groups is 1. The van der Waals surface area contributed by atoms with Gasteiger partial charge < -0.3 is 25.0 Å². The summed E-state index contributed by atoms with van der Waals surface area (Å²) in [5.74, 6) is 2.01. The van der Waals surface area contributed by atoms with Crippen molar-refractivity contribution < 1.29 is 0 Å². The van der Waals surface area contributed by atoms with Crippen molar-refractivity contribution in [1.29, 1.82) is 0 Å². The van der Waals surface area contributed by atoms with Gasteiger partial charge in [-0.25, -0.2) is 4.98 Å². The zero-order chi connectivity index (χ0) is 21.9. The molecule has 0 spiro atoms. The van der Waals surface area contributed by atoms with Crippen molar-refractivity contribution in [3.63, 3.8) is 0 Å². The van der Waals surface area contributed by atoms with Crippen LogP contribution in [0.2, 0.25) is 0 Å². The lowest BCUT2D eigenvalue weighted by molar-refractivity contribution is 0.136. The third-order valence-corrected chi connectivity index (χ3v) is 6.11. The van der Waals surface area contributed by atoms with Crippen molar-refractivity contribution in [1.82, 2.24) is 30.0 Å². The average Bonchev–Trinajstić information content (AvgIpc) is 3.11. The molecule has 0 atom stereocenters. The van der Waals surface area contributed by atoms with Crippen LogP contribution in [-0.2, 0) is 6.54 Å². The van der Waals surface area contributed by atoms with Crippen LogP contribution in [0.15, 0.2) is 29.3 Å². The molecule has 1 aromatic carbocycles. The monoisotopic (exact) mass is 427 g/mol. The highest BCUT2D eigenvalue weighted by Gasteiger charge is 2.14. The summed E-state index contributed by atoms with van der Waals surface area (Å²) in [6.07, 6.45) is 3.42. The fourth-order valence-corrected chi connectivity index (χ4v) is 4.24. The Bertz CT molecular complexity index is 805. The number of hydrogen-bond donors (Lipinski definition) is 2. The molecular formula is C24H41N7. The van der Waals surface area contributed by atoms with Gasteiger partial charge in [0, 0.05) is 52.4 Å². The van der Waals surface area contributed by atoms with E-state index in [4.69, 9.17) is 4.99 Å². The minimum absolute atomic E-state index is 0.809. The fraction of sp³-hybridized carbons (Fsp3) is 0.667. The molecular weight excluding hydrogens is 386 g/mol. The molecule has 0 aliphatic carbocycles. The standard InChI is InChI=1S/C24H41N7/c1-4-25-24(26-13-8-9-15-30-19-17-29(5-2)18-20-30)27-14-10-16-31-21(3)28-22-11-6-7-12-23(22)31/h6-7,11-12H,4-5,8-10,13-20H2,1-3H3,(H2,25,26,27). The first-order valence-electron chi connectivity index (χ1n) is 12.1. The first-order valence-corrected chi connectivity index (χ1v) is 12.1. The van der Waals surface area contributed by atoms with Gasteiger partial charge in [-0.05, 0) is 58.3 Å². The van der Waals surface area contributed by atoms with Gasteiger partial charge in [0.1, 0.15) is 5.82 Å². The highest BCUT2D eigenvalue weighted by molar-refractivity contribution is 5.79. The number of unbranched alkanes of at least 4 members (excludes halogenated alkanes) is 1. The summed E-state index contributed by atoms with van der Waals surface area (Å²) in [6.45, 7) is 17.4. The van der Waals surface area contributed by atoms with Gasteiger partial charge in [-0.2, -0.15) is 0 Å². The molecule has 1 aliphatic rings. The summed E-state index contributed by atoms with van der Waals surface area (Å²) in [7, 11) is 0. The maximum absolute atomic E-state index is 4.77. The van der Waals surface area contributed by atoms with Gasteiger partial charge in [0.25, 0.3) is 0 Å². The molecule has 0 unspecified atom stereocenters. The Morgan fingerprint density at radius 2 is 1.74 bits per heavy atom. The molecule has 2 aromatic rings. The Balaban J connectivity index is 1.34. The van der Waals surface area contributed by atoms with E-state index in [9.17, 15) is 0 Å². The molecule has 2 heterocycles. The Morgan fingerprint density at radius 1 is 0.968 bits per heavy atom. The zero-order valence-corrected chi connectivity index (χ0v) is 19.7. The predicted octanol–water partition coefficient (Wildman–Crippen LogP) is 2.71. The van der Waals surface area contributed by atoms with Crippen LogP contribution < -0.4 is 10.6 Å². The normalized spacial score (nSPS) is 16.2. The van der Waals surface area contributed by atoms with E-state index in [0.717, 1.165) is 49.9 Å². The summed E-state index contributed by atoms with van der Waals surface area (Å²) in [6, 6.07) is 8.35. The number of aliphatic imine (C=N–C) groups is 1. The molecule has 7 nitrogen and oxygen atoms in total. The largest absolute Gasteiger partial charge is 0.357 e. The molecule has 0 radical (unpaired) electrons. The lowest BCUT2D eigenvalue weighted by Gasteiger charge is -2.34. The average molecular weight is 428 g/mol. The molecule has 0 amide bonds. The van der Waals surface area contributed by atoms with Gasteiger partial charge in [-0.1, -0.05) is 19.1 Å². The molecule has 1 aliphatic heterocycles. The number of piperazine rings is 1. The number of rotatable bonds is 11. The number of hydrogen-bond acceptors (Lipinski definition) is 4. The van der Waals surface area contributed by atoms with E-state index in [2.05, 4.69) is 69.0 Å². The van der Waals surface area contributed by atoms with Crippen molar-refractivity contribution in [2.75, 3.05) is 58.9 Å². The molecule has 1 aromatic heterocycles. The number of nitrogens with one attached hydrogen (secondary N) is 2. The molecule has 172 valence electrons. The van der Waals surface area contributed by atoms with E-state index in [1.807, 2.05) is 6.07 Å². The van der Waals surface area contributed by atoms with E-state index < -0.39 is 0 Å². The van der Waals surface area contributed by atoms with Crippen molar-refractivity contribution >= 4 is 17.0 Å². The van der Waals surface area contributed by atoms with E-state index in [0.29, 0.717) is 0 Å². The number of nitrogens with zero attached hydrogens (tertiary/aromatic N) is 5. The summed E-state index contributed by atoms with van der Waals surface area (Å²) in [5.41, 5.74) is 2.29. The Labute approximate surface area is 187 Å². The van der Waals surface area contributed by atoms with Crippen LogP contribution in [-0.4, -0.2) is 84.2 Å². The minimum Gasteiger partial charge on any atom is -0.357 e. The Morgan fingerprint density at radius 3 is 2.52 bits per heavy atom. The smallest absolute Gasteiger partial charge is 0.191 e. The highest BCUT2D eigenvalue weighted by Crippen LogP contribution is 2.15. The van der Waals surface area contributed by atoms with Crippen LogP contribution in [0.3, 0.4) is 0 Å². The van der Waals surface area contributed by atoms with Gasteiger partial charge in [0.15, 0.2) is 5.96 Å². The van der Waals surface area contributed by atoms with Crippen LogP contribution in [0, 0.1) is 6.92 Å². The fourth-order valence-electron chi connectivity index (χ4n) is 4.24. The molecule has 7 heteroatoms. The van der Waals surface area contributed by atoms with Gasteiger partial charge in [-0.3, -0.25) is 4.99 Å². The van der Waals surface area contributed by atoms with E-state index in [1.165, 1.54) is 57.6 Å². The van der Waals surface area contributed by atoms with Crippen LogP contribution in [0.25, 0.3) is 11.0 Å². The molecule has 1 saturated heterocycles. The molecule has 0 saturated carbocycles. The number of aromatic nitrogens is 2. The van der Waals surface area contributed by atoms with E-state index >= 15 is 0 Å². The predicted molar refractivity (Wildman–Crippen MR) is 131 cm³/mol. The van der Waals surface area contributed by atoms with Crippen molar-refractivity contribution in [3.8, 4) is 0 Å². The number of fused-ring (bicyclic) bond motifs is 1. The number of benzene rings is 1. The van der Waals surface area contributed by atoms with E-state index in [1.54, 1.807) is 0 Å². The second kappa shape index (κ2) is 12.7. The maximum Gasteiger partial charge on any atom is 0.191 e. The van der Waals surface area contributed by atoms with Gasteiger partial charge >= 0.3 is 0 Å². The topological polar surface area (TPSA) is 60.7 Å². The van der Waals surface area contributed by atoms with Crippen LogP contribution >= 0.6 is 0 Å². The second-order valence-corrected chi connectivity index (χ2v) is 8.32. The Kier molecular flexibility index (Phi) is 9.62. The van der Waals surface area contributed by atoms with Crippen molar-refractivity contribution in [3.05, 3.63) is 30.1 Å². The van der Waals surface area contributed by atoms with Crippen molar-refractivity contribution in [2.24, 2.45) is 4.99 Å². The number of likely N-dealkylation sites (N-methyl/N-ethyl adjacent to an activating group) is 1. The third kappa shape index (κ3) is 7.21. The maximum atomic E-state index is 4.77. The first kappa shape index (κ1) is 23.5. The van der Waals surface area contributed by atoms with Gasteiger partial charge in [-0.15, -0.1) is 0 Å². The quantitative estimate of drug-likeness (QED) is 0.328. The van der Waals surface area contributed by atoms with Gasteiger partial charge in [0.05, 0.1) is 11.0 Å². The summed E-state index contributed by atoms with van der Waals surface area (Å²) in [4.78, 5) is 14.6. The molecule has 1 fully saturated rings. The minimum atomic E-state index is 0.809. The third-order valence-electron chi connectivity index (χ3n) is 6.11. The highest BCUT2D eigenvalue weighted by atomic mass is 15.3. The first-order chi connectivity index (χ1) is 15.2. The zero-order valence-electron chi connectivity index (χ0n) is 19.7. The number of imidazole rings is 1. The van der Waals surface area contributed by atoms with Crippen LogP contribution in [0.4, 0.5) is 0 Å². The van der Waals surface area contributed by atoms with Crippen LogP contribution in [0.5, 0.6) is 0 Å². The summed E-state index contributed by atoms with van der Waals surface area (Å²) >= 11 is 0. The summed E-state index contributed by atoms with van der Waals surface area (Å²) in [5, 5.41) is 6.87.